The minimum atomic E-state index is -4.23. The van der Waals surface area contributed by atoms with Gasteiger partial charge in [-0.25, -0.2) is 0 Å². The van der Waals surface area contributed by atoms with Crippen LogP contribution in [0.3, 0.4) is 0 Å². The zero-order chi connectivity index (χ0) is 14.9. The number of hydrogen-bond acceptors (Lipinski definition) is 2. The number of fused-ring (bicyclic) bond motifs is 1. The monoisotopic (exact) mass is 292 g/mol. The second kappa shape index (κ2) is 5.54. The van der Waals surface area contributed by atoms with Gasteiger partial charge in [0.05, 0.1) is 0 Å². The number of hydrogen-bond donors (Lipinski definition) is 1. The highest BCUT2D eigenvalue weighted by molar-refractivity contribution is 7.86. The summed E-state index contributed by atoms with van der Waals surface area (Å²) in [5, 5.41) is 1.55. The fourth-order valence-corrected chi connectivity index (χ4v) is 4.12. The highest BCUT2D eigenvalue weighted by Crippen LogP contribution is 2.34. The summed E-state index contributed by atoms with van der Waals surface area (Å²) in [6.45, 7) is 6.03. The summed E-state index contributed by atoms with van der Waals surface area (Å²) < 4.78 is 33.4. The van der Waals surface area contributed by atoms with E-state index in [0.29, 0.717) is 11.8 Å². The Hall–Kier alpha value is -1.39. The van der Waals surface area contributed by atoms with Crippen LogP contribution in [0.2, 0.25) is 0 Å². The lowest BCUT2D eigenvalue weighted by Crippen LogP contribution is -2.09. The fourth-order valence-electron chi connectivity index (χ4n) is 3.09. The van der Waals surface area contributed by atoms with Crippen LogP contribution in [-0.2, 0) is 29.4 Å². The first-order valence-electron chi connectivity index (χ1n) is 6.98. The van der Waals surface area contributed by atoms with E-state index in [1.165, 1.54) is 5.56 Å². The molecule has 0 radical (unpaired) electrons. The lowest BCUT2D eigenvalue weighted by atomic mass is 9.90. The Balaban J connectivity index is 3.11. The highest BCUT2D eigenvalue weighted by Gasteiger charge is 2.23. The van der Waals surface area contributed by atoms with Gasteiger partial charge in [0.25, 0.3) is 10.1 Å². The first-order chi connectivity index (χ1) is 9.45. The third-order valence-electron chi connectivity index (χ3n) is 3.82. The summed E-state index contributed by atoms with van der Waals surface area (Å²) in [5.41, 5.74) is 3.00. The second-order valence-corrected chi connectivity index (χ2v) is 6.20. The molecule has 2 rings (SSSR count). The lowest BCUT2D eigenvalue weighted by molar-refractivity contribution is 0.483. The van der Waals surface area contributed by atoms with Crippen LogP contribution in [0.4, 0.5) is 0 Å². The summed E-state index contributed by atoms with van der Waals surface area (Å²) in [5.74, 6) is 0. The van der Waals surface area contributed by atoms with Gasteiger partial charge >= 0.3 is 0 Å². The van der Waals surface area contributed by atoms with Crippen molar-refractivity contribution in [2.24, 2.45) is 0 Å². The van der Waals surface area contributed by atoms with Gasteiger partial charge in [-0.15, -0.1) is 0 Å². The molecule has 2 aromatic carbocycles. The smallest absolute Gasteiger partial charge is 0.282 e. The van der Waals surface area contributed by atoms with Crippen LogP contribution in [0.5, 0.6) is 0 Å². The molecule has 0 aliphatic heterocycles. The van der Waals surface area contributed by atoms with Crippen molar-refractivity contribution in [2.75, 3.05) is 0 Å². The average Bonchev–Trinajstić information content (AvgIpc) is 2.42. The van der Waals surface area contributed by atoms with E-state index in [4.69, 9.17) is 0 Å². The molecule has 0 saturated carbocycles. The van der Waals surface area contributed by atoms with Crippen molar-refractivity contribution in [2.45, 2.75) is 44.9 Å². The summed E-state index contributed by atoms with van der Waals surface area (Å²) in [6.07, 6.45) is 2.21. The van der Waals surface area contributed by atoms with Gasteiger partial charge in [-0.3, -0.25) is 4.55 Å². The van der Waals surface area contributed by atoms with Crippen molar-refractivity contribution >= 4 is 20.9 Å². The number of benzene rings is 2. The maximum absolute atomic E-state index is 11.8. The number of aryl methyl sites for hydroxylation is 1. The molecule has 2 aromatic rings. The van der Waals surface area contributed by atoms with Crippen LogP contribution in [0.1, 0.15) is 37.5 Å². The summed E-state index contributed by atoms with van der Waals surface area (Å²) in [4.78, 5) is 0.0876. The molecule has 0 atom stereocenters. The lowest BCUT2D eigenvalue weighted by Gasteiger charge is -2.19. The van der Waals surface area contributed by atoms with Crippen molar-refractivity contribution in [1.82, 2.24) is 0 Å². The van der Waals surface area contributed by atoms with Crippen LogP contribution >= 0.6 is 0 Å². The SMILES string of the molecule is CCc1c(CC)c(S(=O)(=O)O)c2ccccc2c1CC. The minimum absolute atomic E-state index is 0.0876. The van der Waals surface area contributed by atoms with E-state index in [9.17, 15) is 13.0 Å². The summed E-state index contributed by atoms with van der Waals surface area (Å²) in [6, 6.07) is 7.42. The Morgan fingerprint density at radius 1 is 0.850 bits per heavy atom. The molecule has 0 saturated heterocycles. The maximum Gasteiger partial charge on any atom is 0.295 e. The maximum atomic E-state index is 11.8. The molecule has 0 heterocycles. The molecule has 0 aliphatic carbocycles. The third kappa shape index (κ3) is 2.34. The molecule has 0 fully saturated rings. The molecular formula is C16H20O3S. The van der Waals surface area contributed by atoms with E-state index in [-0.39, 0.29) is 4.90 Å². The van der Waals surface area contributed by atoms with Crippen LogP contribution in [0.25, 0.3) is 10.8 Å². The van der Waals surface area contributed by atoms with Crippen LogP contribution < -0.4 is 0 Å². The molecule has 0 aliphatic rings. The average molecular weight is 292 g/mol. The minimum Gasteiger partial charge on any atom is -0.282 e. The van der Waals surface area contributed by atoms with Crippen molar-refractivity contribution < 1.29 is 13.0 Å². The van der Waals surface area contributed by atoms with Gasteiger partial charge in [0, 0.05) is 5.39 Å². The number of rotatable bonds is 4. The van der Waals surface area contributed by atoms with E-state index in [0.717, 1.165) is 29.4 Å². The molecule has 108 valence electrons. The largest absolute Gasteiger partial charge is 0.295 e. The molecule has 0 bridgehead atoms. The Bertz CT molecular complexity index is 746. The van der Waals surface area contributed by atoms with Gasteiger partial charge in [0.2, 0.25) is 0 Å². The molecule has 3 nitrogen and oxygen atoms in total. The molecule has 0 spiro atoms. The zero-order valence-electron chi connectivity index (χ0n) is 12.1. The van der Waals surface area contributed by atoms with E-state index in [1.807, 2.05) is 32.0 Å². The zero-order valence-corrected chi connectivity index (χ0v) is 12.9. The van der Waals surface area contributed by atoms with Gasteiger partial charge in [-0.2, -0.15) is 8.42 Å². The molecule has 1 N–H and O–H groups in total. The first kappa shape index (κ1) is 15.0. The van der Waals surface area contributed by atoms with Crippen LogP contribution in [-0.4, -0.2) is 13.0 Å². The predicted octanol–water partition coefficient (Wildman–Crippen LogP) is 3.77. The normalized spacial score (nSPS) is 12.0. The quantitative estimate of drug-likeness (QED) is 0.873. The van der Waals surface area contributed by atoms with E-state index in [1.54, 1.807) is 6.07 Å². The molecule has 4 heteroatoms. The molecule has 0 amide bonds. The second-order valence-electron chi connectivity index (χ2n) is 4.85. The van der Waals surface area contributed by atoms with Gasteiger partial charge in [-0.1, -0.05) is 45.0 Å². The van der Waals surface area contributed by atoms with E-state index in [2.05, 4.69) is 6.92 Å². The van der Waals surface area contributed by atoms with E-state index < -0.39 is 10.1 Å². The standard InChI is InChI=1S/C16H20O3S/c1-4-11-12(5-2)14-9-7-8-10-15(14)16(13(11)6-3)20(17,18)19/h7-10H,4-6H2,1-3H3,(H,17,18,19). The molecular weight excluding hydrogens is 272 g/mol. The van der Waals surface area contributed by atoms with Crippen molar-refractivity contribution in [1.29, 1.82) is 0 Å². The Morgan fingerprint density at radius 2 is 1.35 bits per heavy atom. The van der Waals surface area contributed by atoms with Gasteiger partial charge < -0.3 is 0 Å². The first-order valence-corrected chi connectivity index (χ1v) is 8.42. The fraction of sp³-hybridized carbons (Fsp3) is 0.375. The van der Waals surface area contributed by atoms with Crippen LogP contribution in [0, 0.1) is 0 Å². The van der Waals surface area contributed by atoms with Crippen molar-refractivity contribution in [3.8, 4) is 0 Å². The predicted molar refractivity (Wildman–Crippen MR) is 81.9 cm³/mol. The van der Waals surface area contributed by atoms with Gasteiger partial charge in [0.1, 0.15) is 4.90 Å². The van der Waals surface area contributed by atoms with Gasteiger partial charge in [0.15, 0.2) is 0 Å². The third-order valence-corrected chi connectivity index (χ3v) is 4.80. The summed E-state index contributed by atoms with van der Waals surface area (Å²) in [7, 11) is -4.23. The van der Waals surface area contributed by atoms with Gasteiger partial charge in [-0.05, 0) is 41.3 Å². The molecule has 20 heavy (non-hydrogen) atoms. The van der Waals surface area contributed by atoms with Crippen molar-refractivity contribution in [3.05, 3.63) is 41.0 Å². The topological polar surface area (TPSA) is 54.4 Å². The Morgan fingerprint density at radius 3 is 1.80 bits per heavy atom. The Labute approximate surface area is 120 Å². The van der Waals surface area contributed by atoms with Crippen molar-refractivity contribution in [3.63, 3.8) is 0 Å². The van der Waals surface area contributed by atoms with E-state index >= 15 is 0 Å². The highest BCUT2D eigenvalue weighted by atomic mass is 32.2. The summed E-state index contributed by atoms with van der Waals surface area (Å²) >= 11 is 0. The molecule has 0 unspecified atom stereocenters. The Kier molecular flexibility index (Phi) is 4.16. The molecule has 0 aromatic heterocycles. The van der Waals surface area contributed by atoms with Crippen LogP contribution in [0.15, 0.2) is 29.2 Å².